The van der Waals surface area contributed by atoms with Crippen molar-refractivity contribution in [2.24, 2.45) is 16.8 Å². The van der Waals surface area contributed by atoms with Crippen molar-refractivity contribution in [3.8, 4) is 0 Å². The molecule has 7 nitrogen and oxygen atoms in total. The summed E-state index contributed by atoms with van der Waals surface area (Å²) in [5.41, 5.74) is 0. The van der Waals surface area contributed by atoms with E-state index in [-0.39, 0.29) is 0 Å². The van der Waals surface area contributed by atoms with E-state index in [1.807, 2.05) is 14.0 Å². The monoisotopic (exact) mass is 373 g/mol. The lowest BCUT2D eigenvalue weighted by atomic mass is 9.99. The number of aliphatic imine (C=N–C) groups is 1. The normalized spacial score (nSPS) is 27.1. The van der Waals surface area contributed by atoms with Gasteiger partial charge in [0.1, 0.15) is 11.6 Å². The zero-order chi connectivity index (χ0) is 18.6. The van der Waals surface area contributed by atoms with Gasteiger partial charge in [-0.1, -0.05) is 12.8 Å². The van der Waals surface area contributed by atoms with Gasteiger partial charge < -0.3 is 20.1 Å². The van der Waals surface area contributed by atoms with Gasteiger partial charge in [0.25, 0.3) is 0 Å². The van der Waals surface area contributed by atoms with Gasteiger partial charge in [-0.3, -0.25) is 4.99 Å². The number of hydrogen-bond acceptors (Lipinski definition) is 4. The van der Waals surface area contributed by atoms with E-state index in [9.17, 15) is 0 Å². The van der Waals surface area contributed by atoms with Crippen LogP contribution in [-0.2, 0) is 13.0 Å². The predicted octanol–water partition coefficient (Wildman–Crippen LogP) is 1.58. The fraction of sp³-hybridized carbons (Fsp3) is 0.850. The van der Waals surface area contributed by atoms with E-state index in [0.29, 0.717) is 12.0 Å². The summed E-state index contributed by atoms with van der Waals surface area (Å²) in [5, 5.41) is 15.7. The molecule has 2 N–H and O–H groups in total. The maximum Gasteiger partial charge on any atom is 0.191 e. The summed E-state index contributed by atoms with van der Waals surface area (Å²) >= 11 is 0. The van der Waals surface area contributed by atoms with Gasteiger partial charge in [-0.25, -0.2) is 0 Å². The number of nitrogens with one attached hydrogen (secondary N) is 2. The number of guanidine groups is 1. The molecule has 0 aromatic carbocycles. The first-order valence-electron chi connectivity index (χ1n) is 10.8. The van der Waals surface area contributed by atoms with Crippen molar-refractivity contribution < 1.29 is 0 Å². The van der Waals surface area contributed by atoms with Crippen LogP contribution in [0, 0.1) is 18.8 Å². The largest absolute Gasteiger partial charge is 0.356 e. The molecule has 3 heterocycles. The van der Waals surface area contributed by atoms with Gasteiger partial charge in [-0.15, -0.1) is 10.2 Å². The van der Waals surface area contributed by atoms with Crippen LogP contribution in [0.15, 0.2) is 4.99 Å². The third-order valence-electron chi connectivity index (χ3n) is 6.62. The number of hydrogen-bond donors (Lipinski definition) is 2. The fourth-order valence-corrected chi connectivity index (χ4v) is 5.00. The highest BCUT2D eigenvalue weighted by Crippen LogP contribution is 2.26. The predicted molar refractivity (Wildman–Crippen MR) is 108 cm³/mol. The van der Waals surface area contributed by atoms with Crippen LogP contribution in [0.25, 0.3) is 0 Å². The molecule has 1 saturated carbocycles. The maximum absolute atomic E-state index is 4.46. The Bertz CT molecular complexity index is 647. The Labute approximate surface area is 163 Å². The lowest BCUT2D eigenvalue weighted by Gasteiger charge is -2.26. The summed E-state index contributed by atoms with van der Waals surface area (Å²) in [4.78, 5) is 7.11. The highest BCUT2D eigenvalue weighted by molar-refractivity contribution is 5.80. The number of rotatable bonds is 5. The van der Waals surface area contributed by atoms with Crippen molar-refractivity contribution in [1.82, 2.24) is 30.3 Å². The quantitative estimate of drug-likeness (QED) is 0.606. The number of aryl methyl sites for hydroxylation is 2. The van der Waals surface area contributed by atoms with E-state index in [1.165, 1.54) is 51.6 Å². The number of aromatic nitrogens is 3. The molecule has 1 aromatic rings. The van der Waals surface area contributed by atoms with E-state index < -0.39 is 0 Å². The Balaban J connectivity index is 1.20. The molecule has 2 atom stereocenters. The lowest BCUT2D eigenvalue weighted by molar-refractivity contribution is 0.275. The second kappa shape index (κ2) is 8.59. The third kappa shape index (κ3) is 4.62. The van der Waals surface area contributed by atoms with Crippen molar-refractivity contribution >= 4 is 5.96 Å². The third-order valence-corrected chi connectivity index (χ3v) is 6.62. The van der Waals surface area contributed by atoms with Gasteiger partial charge in [-0.2, -0.15) is 0 Å². The SMILES string of the molecule is CN=C(NCC1CCc2nnc(C)n2C1)NC1CCN(CC2CCCC2)C1. The Morgan fingerprint density at radius 1 is 1.11 bits per heavy atom. The van der Waals surface area contributed by atoms with E-state index >= 15 is 0 Å². The number of fused-ring (bicyclic) bond motifs is 1. The molecule has 1 aliphatic carbocycles. The van der Waals surface area contributed by atoms with Gasteiger partial charge in [0.15, 0.2) is 5.96 Å². The van der Waals surface area contributed by atoms with E-state index in [2.05, 4.69) is 35.3 Å². The molecule has 27 heavy (non-hydrogen) atoms. The van der Waals surface area contributed by atoms with Crippen LogP contribution in [0.2, 0.25) is 0 Å². The molecule has 150 valence electrons. The van der Waals surface area contributed by atoms with Crippen LogP contribution in [-0.4, -0.2) is 64.9 Å². The second-order valence-electron chi connectivity index (χ2n) is 8.67. The summed E-state index contributed by atoms with van der Waals surface area (Å²) in [7, 11) is 1.88. The van der Waals surface area contributed by atoms with E-state index in [0.717, 1.165) is 49.6 Å². The zero-order valence-electron chi connectivity index (χ0n) is 17.0. The van der Waals surface area contributed by atoms with Crippen LogP contribution >= 0.6 is 0 Å². The van der Waals surface area contributed by atoms with Crippen molar-refractivity contribution in [3.05, 3.63) is 11.6 Å². The molecular weight excluding hydrogens is 338 g/mol. The Morgan fingerprint density at radius 2 is 1.96 bits per heavy atom. The van der Waals surface area contributed by atoms with Gasteiger partial charge in [0.2, 0.25) is 0 Å². The smallest absolute Gasteiger partial charge is 0.191 e. The summed E-state index contributed by atoms with van der Waals surface area (Å²) in [5.74, 6) is 4.67. The molecular formula is C20H35N7. The minimum absolute atomic E-state index is 0.524. The molecule has 4 rings (SSSR count). The summed E-state index contributed by atoms with van der Waals surface area (Å²) in [6.07, 6.45) is 9.17. The first-order valence-corrected chi connectivity index (χ1v) is 10.8. The molecule has 3 aliphatic rings. The van der Waals surface area contributed by atoms with Crippen molar-refractivity contribution in [2.75, 3.05) is 33.2 Å². The van der Waals surface area contributed by atoms with Crippen molar-refractivity contribution in [1.29, 1.82) is 0 Å². The summed E-state index contributed by atoms with van der Waals surface area (Å²) in [6.45, 7) is 7.69. The van der Waals surface area contributed by atoms with Gasteiger partial charge in [0.05, 0.1) is 0 Å². The molecule has 1 saturated heterocycles. The zero-order valence-corrected chi connectivity index (χ0v) is 17.0. The van der Waals surface area contributed by atoms with Gasteiger partial charge in [-0.05, 0) is 44.4 Å². The van der Waals surface area contributed by atoms with Crippen LogP contribution in [0.3, 0.4) is 0 Å². The van der Waals surface area contributed by atoms with Gasteiger partial charge in [0, 0.05) is 52.2 Å². The summed E-state index contributed by atoms with van der Waals surface area (Å²) < 4.78 is 2.27. The Kier molecular flexibility index (Phi) is 5.95. The molecule has 2 aliphatic heterocycles. The average Bonchev–Trinajstić information content (AvgIpc) is 3.42. The Hall–Kier alpha value is -1.63. The van der Waals surface area contributed by atoms with Crippen molar-refractivity contribution in [3.63, 3.8) is 0 Å². The highest BCUT2D eigenvalue weighted by atomic mass is 15.3. The minimum atomic E-state index is 0.524. The van der Waals surface area contributed by atoms with Gasteiger partial charge >= 0.3 is 0 Å². The fourth-order valence-electron chi connectivity index (χ4n) is 5.00. The molecule has 7 heteroatoms. The molecule has 0 bridgehead atoms. The molecule has 2 unspecified atom stereocenters. The average molecular weight is 374 g/mol. The molecule has 0 radical (unpaired) electrons. The first-order chi connectivity index (χ1) is 13.2. The van der Waals surface area contributed by atoms with Crippen LogP contribution in [0.5, 0.6) is 0 Å². The van der Waals surface area contributed by atoms with Crippen molar-refractivity contribution in [2.45, 2.75) is 64.5 Å². The molecule has 0 amide bonds. The minimum Gasteiger partial charge on any atom is -0.356 e. The van der Waals surface area contributed by atoms with Crippen LogP contribution in [0.4, 0.5) is 0 Å². The molecule has 1 aromatic heterocycles. The van der Waals surface area contributed by atoms with Crippen LogP contribution in [0.1, 0.15) is 50.2 Å². The summed E-state index contributed by atoms with van der Waals surface area (Å²) in [6, 6.07) is 0.524. The number of nitrogens with zero attached hydrogens (tertiary/aromatic N) is 5. The topological polar surface area (TPSA) is 70.4 Å². The van der Waals surface area contributed by atoms with E-state index in [1.54, 1.807) is 0 Å². The second-order valence-corrected chi connectivity index (χ2v) is 8.67. The number of likely N-dealkylation sites (tertiary alicyclic amines) is 1. The van der Waals surface area contributed by atoms with Crippen LogP contribution < -0.4 is 10.6 Å². The highest BCUT2D eigenvalue weighted by Gasteiger charge is 2.27. The standard InChI is InChI=1S/C20H35N7/c1-15-24-25-19-8-7-17(13-27(15)19)11-22-20(21-2)23-18-9-10-26(14-18)12-16-5-3-4-6-16/h16-18H,3-14H2,1-2H3,(H2,21,22,23). The first kappa shape index (κ1) is 18.7. The Morgan fingerprint density at radius 3 is 2.78 bits per heavy atom. The van der Waals surface area contributed by atoms with E-state index in [4.69, 9.17) is 0 Å². The molecule has 2 fully saturated rings. The maximum atomic E-state index is 4.46. The molecule has 0 spiro atoms. The lowest BCUT2D eigenvalue weighted by Crippen LogP contribution is -2.46.